The summed E-state index contributed by atoms with van der Waals surface area (Å²) in [4.78, 5) is 20.9. The van der Waals surface area contributed by atoms with Crippen LogP contribution in [0.25, 0.3) is 11.1 Å². The van der Waals surface area contributed by atoms with Crippen LogP contribution in [-0.2, 0) is 23.2 Å². The molecule has 3 aromatic heterocycles. The molecule has 1 saturated carbocycles. The molecule has 38 heavy (non-hydrogen) atoms. The third-order valence-electron chi connectivity index (χ3n) is 6.51. The van der Waals surface area contributed by atoms with E-state index in [1.54, 1.807) is 16.9 Å². The van der Waals surface area contributed by atoms with Crippen LogP contribution in [0.1, 0.15) is 24.2 Å². The summed E-state index contributed by atoms with van der Waals surface area (Å²) in [5, 5.41) is 13.1. The molecule has 0 bridgehead atoms. The predicted octanol–water partition coefficient (Wildman–Crippen LogP) is 4.38. The van der Waals surface area contributed by atoms with Gasteiger partial charge in [0.05, 0.1) is 19.2 Å². The highest BCUT2D eigenvalue weighted by Crippen LogP contribution is 2.59. The number of carbonyl (C=O) groups excluding carboxylic acids is 1. The highest BCUT2D eigenvalue weighted by atomic mass is 19.4. The van der Waals surface area contributed by atoms with E-state index in [-0.39, 0.29) is 36.4 Å². The van der Waals surface area contributed by atoms with Crippen molar-refractivity contribution in [2.45, 2.75) is 37.4 Å². The van der Waals surface area contributed by atoms with Crippen LogP contribution in [0.5, 0.6) is 5.88 Å². The zero-order chi connectivity index (χ0) is 26.5. The van der Waals surface area contributed by atoms with Gasteiger partial charge in [0, 0.05) is 24.0 Å². The van der Waals surface area contributed by atoms with E-state index < -0.39 is 23.3 Å². The van der Waals surface area contributed by atoms with Gasteiger partial charge in [0.25, 0.3) is 0 Å². The second-order valence-corrected chi connectivity index (χ2v) is 9.04. The second-order valence-electron chi connectivity index (χ2n) is 9.04. The number of halogens is 4. The fourth-order valence-corrected chi connectivity index (χ4v) is 4.25. The Kier molecular flexibility index (Phi) is 5.54. The fraction of sp³-hybridized carbons (Fsp3) is 0.292. The van der Waals surface area contributed by atoms with E-state index in [4.69, 9.17) is 9.26 Å². The highest BCUT2D eigenvalue weighted by Gasteiger charge is 2.66. The molecule has 0 spiro atoms. The molecule has 4 heterocycles. The molecule has 1 aromatic carbocycles. The van der Waals surface area contributed by atoms with Crippen molar-refractivity contribution in [1.82, 2.24) is 24.9 Å². The minimum absolute atomic E-state index is 0.0948. The van der Waals surface area contributed by atoms with Gasteiger partial charge in [-0.05, 0) is 30.0 Å². The average Bonchev–Trinajstić information content (AvgIpc) is 3.18. The van der Waals surface area contributed by atoms with Crippen LogP contribution in [0.15, 0.2) is 47.4 Å². The first-order chi connectivity index (χ1) is 18.2. The quantitative estimate of drug-likeness (QED) is 0.339. The molecule has 4 aromatic rings. The van der Waals surface area contributed by atoms with Gasteiger partial charge in [0.15, 0.2) is 11.6 Å². The van der Waals surface area contributed by atoms with Crippen molar-refractivity contribution in [3.05, 3.63) is 60.0 Å². The molecule has 1 aliphatic carbocycles. The molecule has 2 N–H and O–H groups in total. The molecule has 0 radical (unpaired) electrons. The van der Waals surface area contributed by atoms with Crippen molar-refractivity contribution in [2.24, 2.45) is 0 Å². The molecule has 0 saturated heterocycles. The normalized spacial score (nSPS) is 15.6. The summed E-state index contributed by atoms with van der Waals surface area (Å²) in [7, 11) is 0. The van der Waals surface area contributed by atoms with Gasteiger partial charge < -0.3 is 19.9 Å². The zero-order valence-corrected chi connectivity index (χ0v) is 19.5. The zero-order valence-electron chi connectivity index (χ0n) is 19.5. The molecule has 0 atom stereocenters. The molecule has 6 rings (SSSR count). The van der Waals surface area contributed by atoms with Gasteiger partial charge in [0.2, 0.25) is 17.7 Å². The number of nitrogens with one attached hydrogen (secondary N) is 2. The third-order valence-corrected chi connectivity index (χ3v) is 6.51. The minimum atomic E-state index is -4.46. The van der Waals surface area contributed by atoms with Gasteiger partial charge in [-0.15, -0.1) is 0 Å². The van der Waals surface area contributed by atoms with E-state index in [1.807, 2.05) is 0 Å². The number of anilines is 3. The maximum Gasteiger partial charge on any atom is 0.401 e. The highest BCUT2D eigenvalue weighted by molar-refractivity contribution is 5.91. The lowest BCUT2D eigenvalue weighted by Gasteiger charge is -2.14. The van der Waals surface area contributed by atoms with Gasteiger partial charge in [0.1, 0.15) is 23.5 Å². The summed E-state index contributed by atoms with van der Waals surface area (Å²) in [6.07, 6.45) is -0.339. The lowest BCUT2D eigenvalue weighted by Crippen LogP contribution is -2.28. The fourth-order valence-electron chi connectivity index (χ4n) is 4.25. The average molecular weight is 529 g/mol. The summed E-state index contributed by atoms with van der Waals surface area (Å²) in [5.41, 5.74) is -0.264. The molecule has 0 unspecified atom stereocenters. The largest absolute Gasteiger partial charge is 0.474 e. The summed E-state index contributed by atoms with van der Waals surface area (Å²) in [6, 6.07) is 5.37. The lowest BCUT2D eigenvalue weighted by molar-refractivity contribution is -0.165. The first-order valence-corrected chi connectivity index (χ1v) is 11.6. The van der Waals surface area contributed by atoms with Crippen molar-refractivity contribution in [3.63, 3.8) is 0 Å². The van der Waals surface area contributed by atoms with Gasteiger partial charge in [-0.25, -0.2) is 19.0 Å². The Labute approximate surface area is 212 Å². The van der Waals surface area contributed by atoms with Crippen LogP contribution in [0.3, 0.4) is 0 Å². The number of hydrogen-bond acceptors (Lipinski definition) is 8. The number of fused-ring (bicyclic) bond motifs is 1. The van der Waals surface area contributed by atoms with E-state index in [0.29, 0.717) is 41.8 Å². The second kappa shape index (κ2) is 8.82. The lowest BCUT2D eigenvalue weighted by atomic mass is 10.0. The molecule has 1 amide bonds. The Hall–Kier alpha value is -4.49. The van der Waals surface area contributed by atoms with Crippen LogP contribution in [0, 0.1) is 5.82 Å². The van der Waals surface area contributed by atoms with Crippen LogP contribution >= 0.6 is 0 Å². The first kappa shape index (κ1) is 23.9. The number of hydrogen-bond donors (Lipinski definition) is 2. The van der Waals surface area contributed by atoms with E-state index in [1.165, 1.54) is 24.5 Å². The van der Waals surface area contributed by atoms with Crippen molar-refractivity contribution in [3.8, 4) is 17.0 Å². The molecule has 14 heteroatoms. The van der Waals surface area contributed by atoms with E-state index >= 15 is 0 Å². The number of alkyl halides is 3. The molecule has 196 valence electrons. The standard InChI is InChI=1S/C24H19F4N7O3/c25-16-7-13(15-10-29-22(30-11-15)32-17-12-31-35-5-6-37-21(17)35)1-2-14(16)8-20(36)33-19-9-18(38-34-19)23(3-4-23)24(26,27)28/h1-2,7,9-12H,3-6,8H2,(H,29,30,32)(H,33,34,36). The van der Waals surface area contributed by atoms with Gasteiger partial charge in [-0.1, -0.05) is 17.3 Å². The Bertz CT molecular complexity index is 1510. The third kappa shape index (κ3) is 4.31. The minimum Gasteiger partial charge on any atom is -0.474 e. The van der Waals surface area contributed by atoms with Gasteiger partial charge in [-0.2, -0.15) is 18.3 Å². The topological polar surface area (TPSA) is 120 Å². The maximum absolute atomic E-state index is 14.8. The number of aromatic nitrogens is 5. The number of ether oxygens (including phenoxy) is 1. The maximum atomic E-state index is 14.8. The van der Waals surface area contributed by atoms with E-state index in [0.717, 1.165) is 6.07 Å². The van der Waals surface area contributed by atoms with Crippen molar-refractivity contribution in [2.75, 3.05) is 17.2 Å². The SMILES string of the molecule is O=C(Cc1ccc(-c2cnc(Nc3cnn4c3OCC4)nc2)cc1F)Nc1cc(C2(C(F)(F)F)CC2)on1. The summed E-state index contributed by atoms with van der Waals surface area (Å²) in [5.74, 6) is -0.868. The van der Waals surface area contributed by atoms with Crippen molar-refractivity contribution in [1.29, 1.82) is 0 Å². The van der Waals surface area contributed by atoms with Crippen LogP contribution in [-0.4, -0.2) is 43.6 Å². The van der Waals surface area contributed by atoms with E-state index in [2.05, 4.69) is 30.9 Å². The molecule has 2 aliphatic rings. The monoisotopic (exact) mass is 529 g/mol. The Morgan fingerprint density at radius 3 is 2.61 bits per heavy atom. The summed E-state index contributed by atoms with van der Waals surface area (Å²) >= 11 is 0. The van der Waals surface area contributed by atoms with Crippen molar-refractivity contribution >= 4 is 23.4 Å². The van der Waals surface area contributed by atoms with Gasteiger partial charge >= 0.3 is 6.18 Å². The van der Waals surface area contributed by atoms with Crippen LogP contribution in [0.4, 0.5) is 35.0 Å². The Balaban J connectivity index is 1.09. The first-order valence-electron chi connectivity index (χ1n) is 11.6. The molecule has 10 nitrogen and oxygen atoms in total. The predicted molar refractivity (Wildman–Crippen MR) is 124 cm³/mol. The van der Waals surface area contributed by atoms with E-state index in [9.17, 15) is 22.4 Å². The summed E-state index contributed by atoms with van der Waals surface area (Å²) < 4.78 is 66.6. The molecular weight excluding hydrogens is 510 g/mol. The molecule has 1 aliphatic heterocycles. The molecular formula is C24H19F4N7O3. The molecule has 1 fully saturated rings. The smallest absolute Gasteiger partial charge is 0.401 e. The Morgan fingerprint density at radius 1 is 1.11 bits per heavy atom. The summed E-state index contributed by atoms with van der Waals surface area (Å²) in [6.45, 7) is 1.22. The number of nitrogens with zero attached hydrogens (tertiary/aromatic N) is 5. The number of benzene rings is 1. The van der Waals surface area contributed by atoms with Gasteiger partial charge in [-0.3, -0.25) is 4.79 Å². The number of carbonyl (C=O) groups is 1. The van der Waals surface area contributed by atoms with Crippen LogP contribution in [0.2, 0.25) is 0 Å². The van der Waals surface area contributed by atoms with Crippen molar-refractivity contribution < 1.29 is 31.6 Å². The van der Waals surface area contributed by atoms with Crippen LogP contribution < -0.4 is 15.4 Å². The Morgan fingerprint density at radius 2 is 1.89 bits per heavy atom. The number of rotatable bonds is 7. The number of amides is 1.